The topological polar surface area (TPSA) is 58.4 Å². The minimum absolute atomic E-state index is 0.0165. The number of hydrogen-bond acceptors (Lipinski definition) is 3. The Balaban J connectivity index is 2.24. The van der Waals surface area contributed by atoms with Crippen LogP contribution in [0.5, 0.6) is 0 Å². The van der Waals surface area contributed by atoms with E-state index in [2.05, 4.69) is 26.1 Å². The molecule has 98 valence electrons. The summed E-state index contributed by atoms with van der Waals surface area (Å²) in [5.74, 6) is 0.0793. The maximum absolute atomic E-state index is 11.6. The second-order valence-electron chi connectivity index (χ2n) is 4.62. The van der Waals surface area contributed by atoms with Gasteiger partial charge >= 0.3 is 0 Å². The van der Waals surface area contributed by atoms with Crippen LogP contribution in [-0.2, 0) is 4.79 Å². The number of carbonyl (C=O) groups is 1. The average Bonchev–Trinajstić information content (AvgIpc) is 2.53. The molecule has 1 heterocycles. The van der Waals surface area contributed by atoms with Gasteiger partial charge in [-0.05, 0) is 47.0 Å². The van der Waals surface area contributed by atoms with Gasteiger partial charge in [-0.3, -0.25) is 4.79 Å². The van der Waals surface area contributed by atoms with Crippen molar-refractivity contribution in [2.24, 2.45) is 5.73 Å². The fourth-order valence-electron chi connectivity index (χ4n) is 2.07. The van der Waals surface area contributed by atoms with Crippen molar-refractivity contribution >= 4 is 27.5 Å². The smallest absolute Gasteiger partial charge is 0.239 e. The Morgan fingerprint density at radius 3 is 2.94 bits per heavy atom. The third-order valence-corrected chi connectivity index (χ3v) is 3.73. The molecule has 4 nitrogen and oxygen atoms in total. The van der Waals surface area contributed by atoms with E-state index in [1.54, 1.807) is 0 Å². The molecule has 1 fully saturated rings. The van der Waals surface area contributed by atoms with E-state index in [-0.39, 0.29) is 11.9 Å². The number of amides is 1. The molecule has 1 aromatic carbocycles. The molecule has 0 aliphatic carbocycles. The van der Waals surface area contributed by atoms with Gasteiger partial charge in [-0.2, -0.15) is 0 Å². The summed E-state index contributed by atoms with van der Waals surface area (Å²) in [7, 11) is 0. The Labute approximate surface area is 116 Å². The highest BCUT2D eigenvalue weighted by Gasteiger charge is 2.17. The zero-order chi connectivity index (χ0) is 13.1. The number of nitrogens with zero attached hydrogens (tertiary/aromatic N) is 1. The van der Waals surface area contributed by atoms with Gasteiger partial charge in [0.05, 0.1) is 12.2 Å². The van der Waals surface area contributed by atoms with E-state index in [0.717, 1.165) is 35.2 Å². The lowest BCUT2D eigenvalue weighted by atomic mass is 10.1. The number of halogens is 1. The quantitative estimate of drug-likeness (QED) is 0.875. The molecule has 0 aromatic heterocycles. The molecule has 1 saturated heterocycles. The van der Waals surface area contributed by atoms with Crippen molar-refractivity contribution in [2.75, 3.05) is 24.5 Å². The lowest BCUT2D eigenvalue weighted by Gasteiger charge is -2.23. The minimum atomic E-state index is 0.0165. The van der Waals surface area contributed by atoms with Gasteiger partial charge in [0.1, 0.15) is 0 Å². The molecular formula is C13H18BrN3O. The predicted octanol–water partition coefficient (Wildman–Crippen LogP) is 1.80. The van der Waals surface area contributed by atoms with Gasteiger partial charge in [0.15, 0.2) is 0 Å². The van der Waals surface area contributed by atoms with Crippen molar-refractivity contribution in [3.63, 3.8) is 0 Å². The number of nitrogens with two attached hydrogens (primary N) is 1. The molecule has 5 heteroatoms. The van der Waals surface area contributed by atoms with Crippen LogP contribution in [0.15, 0.2) is 22.7 Å². The van der Waals surface area contributed by atoms with Crippen LogP contribution in [0.3, 0.4) is 0 Å². The number of hydrogen-bond donors (Lipinski definition) is 2. The minimum Gasteiger partial charge on any atom is -0.361 e. The zero-order valence-corrected chi connectivity index (χ0v) is 12.0. The van der Waals surface area contributed by atoms with E-state index in [0.29, 0.717) is 6.54 Å². The molecule has 18 heavy (non-hydrogen) atoms. The molecule has 0 spiro atoms. The van der Waals surface area contributed by atoms with Crippen LogP contribution in [0.25, 0.3) is 0 Å². The van der Waals surface area contributed by atoms with Crippen LogP contribution in [0, 0.1) is 0 Å². The van der Waals surface area contributed by atoms with Crippen molar-refractivity contribution in [1.29, 1.82) is 0 Å². The molecule has 1 unspecified atom stereocenters. The molecular weight excluding hydrogens is 294 g/mol. The van der Waals surface area contributed by atoms with Crippen LogP contribution in [0.2, 0.25) is 0 Å². The van der Waals surface area contributed by atoms with Gasteiger partial charge in [0.2, 0.25) is 5.91 Å². The Bertz CT molecular complexity index is 448. The number of anilines is 1. The van der Waals surface area contributed by atoms with Crippen molar-refractivity contribution < 1.29 is 4.79 Å². The highest BCUT2D eigenvalue weighted by molar-refractivity contribution is 9.10. The zero-order valence-electron chi connectivity index (χ0n) is 10.4. The van der Waals surface area contributed by atoms with Gasteiger partial charge in [-0.15, -0.1) is 0 Å². The van der Waals surface area contributed by atoms with E-state index >= 15 is 0 Å². The first-order chi connectivity index (χ1) is 8.58. The normalized spacial score (nSPS) is 18.2. The first-order valence-corrected chi connectivity index (χ1v) is 6.94. The summed E-state index contributed by atoms with van der Waals surface area (Å²) in [6.45, 7) is 4.01. The Kier molecular flexibility index (Phi) is 4.24. The summed E-state index contributed by atoms with van der Waals surface area (Å²) in [6.07, 6.45) is 0.965. The molecule has 0 radical (unpaired) electrons. The number of benzene rings is 1. The van der Waals surface area contributed by atoms with Gasteiger partial charge in [-0.25, -0.2) is 0 Å². The first-order valence-electron chi connectivity index (χ1n) is 6.14. The second-order valence-corrected chi connectivity index (χ2v) is 5.48. The van der Waals surface area contributed by atoms with Gasteiger partial charge in [0.25, 0.3) is 0 Å². The molecule has 1 aliphatic rings. The molecule has 1 amide bonds. The van der Waals surface area contributed by atoms with Crippen molar-refractivity contribution in [2.45, 2.75) is 19.4 Å². The summed E-state index contributed by atoms with van der Waals surface area (Å²) < 4.78 is 0.993. The lowest BCUT2D eigenvalue weighted by Crippen LogP contribution is -2.33. The first kappa shape index (κ1) is 13.4. The fourth-order valence-corrected chi connectivity index (χ4v) is 2.72. The number of rotatable bonds is 2. The lowest BCUT2D eigenvalue weighted by molar-refractivity contribution is -0.119. The number of nitrogens with one attached hydrogen (secondary N) is 1. The van der Waals surface area contributed by atoms with E-state index in [9.17, 15) is 4.79 Å². The maximum Gasteiger partial charge on any atom is 0.239 e. The molecule has 0 saturated carbocycles. The standard InChI is InChI=1S/C13H18BrN3O/c1-9(15)10-3-4-12(11(14)7-10)17-6-2-5-16-13(18)8-17/h3-4,7,9H,2,5-6,8,15H2,1H3,(H,16,18). The molecule has 0 bridgehead atoms. The summed E-state index contributed by atoms with van der Waals surface area (Å²) in [5, 5.41) is 2.88. The van der Waals surface area contributed by atoms with Crippen molar-refractivity contribution in [1.82, 2.24) is 5.32 Å². The van der Waals surface area contributed by atoms with Gasteiger partial charge in [-0.1, -0.05) is 6.07 Å². The van der Waals surface area contributed by atoms with Gasteiger partial charge < -0.3 is 16.0 Å². The van der Waals surface area contributed by atoms with Crippen molar-refractivity contribution in [3.8, 4) is 0 Å². The van der Waals surface area contributed by atoms with E-state index < -0.39 is 0 Å². The summed E-state index contributed by atoms with van der Waals surface area (Å²) in [4.78, 5) is 13.7. The Morgan fingerprint density at radius 2 is 2.28 bits per heavy atom. The van der Waals surface area contributed by atoms with E-state index in [1.165, 1.54) is 0 Å². The molecule has 1 aliphatic heterocycles. The Morgan fingerprint density at radius 1 is 1.50 bits per heavy atom. The largest absolute Gasteiger partial charge is 0.361 e. The third-order valence-electron chi connectivity index (χ3n) is 3.10. The fraction of sp³-hybridized carbons (Fsp3) is 0.462. The Hall–Kier alpha value is -1.07. The molecule has 2 rings (SSSR count). The maximum atomic E-state index is 11.6. The molecule has 1 atom stereocenters. The number of carbonyl (C=O) groups excluding carboxylic acids is 1. The van der Waals surface area contributed by atoms with E-state index in [1.807, 2.05) is 25.1 Å². The molecule has 3 N–H and O–H groups in total. The predicted molar refractivity (Wildman–Crippen MR) is 76.6 cm³/mol. The second kappa shape index (κ2) is 5.71. The monoisotopic (exact) mass is 311 g/mol. The molecule has 1 aromatic rings. The summed E-state index contributed by atoms with van der Waals surface area (Å²) in [5.41, 5.74) is 8.00. The summed E-state index contributed by atoms with van der Waals surface area (Å²) in [6, 6.07) is 6.10. The highest BCUT2D eigenvalue weighted by Crippen LogP contribution is 2.29. The van der Waals surface area contributed by atoms with E-state index in [4.69, 9.17) is 5.73 Å². The van der Waals surface area contributed by atoms with Crippen molar-refractivity contribution in [3.05, 3.63) is 28.2 Å². The SMILES string of the molecule is CC(N)c1ccc(N2CCCNC(=O)C2)c(Br)c1. The average molecular weight is 312 g/mol. The van der Waals surface area contributed by atoms with Gasteiger partial charge in [0, 0.05) is 23.6 Å². The van der Waals surface area contributed by atoms with Crippen LogP contribution in [0.1, 0.15) is 24.9 Å². The highest BCUT2D eigenvalue weighted by atomic mass is 79.9. The van der Waals surface area contributed by atoms with Crippen LogP contribution in [-0.4, -0.2) is 25.5 Å². The summed E-state index contributed by atoms with van der Waals surface area (Å²) >= 11 is 3.57. The third kappa shape index (κ3) is 3.03. The van der Waals surface area contributed by atoms with Crippen LogP contribution >= 0.6 is 15.9 Å². The van der Waals surface area contributed by atoms with Crippen LogP contribution in [0.4, 0.5) is 5.69 Å². The van der Waals surface area contributed by atoms with Crippen LogP contribution < -0.4 is 16.0 Å².